The van der Waals surface area contributed by atoms with Crippen LogP contribution < -0.4 is 9.47 Å². The number of amides is 1. The Morgan fingerprint density at radius 2 is 1.70 bits per heavy atom. The number of carbonyl (C=O) groups excluding carboxylic acids is 1. The van der Waals surface area contributed by atoms with Crippen LogP contribution >= 0.6 is 0 Å². The maximum atomic E-state index is 12.9. The highest BCUT2D eigenvalue weighted by molar-refractivity contribution is 5.97. The minimum atomic E-state index is -0.852. The number of carboxylic acid groups (broad SMARTS) is 1. The Bertz CT molecular complexity index is 777. The Morgan fingerprint density at radius 1 is 1.00 bits per heavy atom. The van der Waals surface area contributed by atoms with E-state index in [4.69, 9.17) is 9.47 Å². The van der Waals surface area contributed by atoms with Gasteiger partial charge in [-0.3, -0.25) is 9.59 Å². The molecular weight excluding hydrogens is 346 g/mol. The van der Waals surface area contributed by atoms with Crippen molar-refractivity contribution >= 4 is 11.9 Å². The van der Waals surface area contributed by atoms with Crippen LogP contribution in [0.5, 0.6) is 11.5 Å². The van der Waals surface area contributed by atoms with Gasteiger partial charge in [-0.1, -0.05) is 30.3 Å². The number of benzene rings is 2. The Balaban J connectivity index is 1.59. The number of piperidine rings is 1. The predicted octanol–water partition coefficient (Wildman–Crippen LogP) is 3.08. The second kappa shape index (κ2) is 9.07. The van der Waals surface area contributed by atoms with Crippen molar-refractivity contribution in [1.29, 1.82) is 0 Å². The fourth-order valence-electron chi connectivity index (χ4n) is 3.13. The van der Waals surface area contributed by atoms with Crippen LogP contribution in [0.4, 0.5) is 0 Å². The van der Waals surface area contributed by atoms with Gasteiger partial charge >= 0.3 is 5.97 Å². The lowest BCUT2D eigenvalue weighted by atomic mass is 9.97. The molecule has 1 aliphatic rings. The van der Waals surface area contributed by atoms with E-state index in [-0.39, 0.29) is 12.5 Å². The molecule has 0 aliphatic carbocycles. The summed E-state index contributed by atoms with van der Waals surface area (Å²) < 4.78 is 11.4. The van der Waals surface area contributed by atoms with Gasteiger partial charge in [0.05, 0.1) is 11.5 Å². The van der Waals surface area contributed by atoms with E-state index in [1.165, 1.54) is 0 Å². The summed E-state index contributed by atoms with van der Waals surface area (Å²) in [5.74, 6) is -0.305. The monoisotopic (exact) mass is 369 g/mol. The maximum Gasteiger partial charge on any atom is 0.308 e. The second-order valence-corrected chi connectivity index (χ2v) is 6.43. The van der Waals surface area contributed by atoms with Gasteiger partial charge < -0.3 is 19.5 Å². The highest BCUT2D eigenvalue weighted by atomic mass is 16.5. The van der Waals surface area contributed by atoms with Gasteiger partial charge in [0.15, 0.2) is 0 Å². The third kappa shape index (κ3) is 5.00. The second-order valence-electron chi connectivity index (χ2n) is 6.43. The zero-order valence-electron chi connectivity index (χ0n) is 15.0. The van der Waals surface area contributed by atoms with Crippen molar-refractivity contribution in [3.63, 3.8) is 0 Å². The molecule has 1 saturated heterocycles. The standard InChI is InChI=1S/C21H23NO5/c23-20(22-12-6-7-16(15-22)21(24)25)18-10-4-5-11-19(18)27-14-13-26-17-8-2-1-3-9-17/h1-5,8-11,16H,6-7,12-15H2,(H,24,25). The molecule has 0 radical (unpaired) electrons. The Morgan fingerprint density at radius 3 is 2.48 bits per heavy atom. The first kappa shape index (κ1) is 18.8. The van der Waals surface area contributed by atoms with E-state index in [1.54, 1.807) is 29.2 Å². The Kier molecular flexibility index (Phi) is 6.30. The van der Waals surface area contributed by atoms with Crippen LogP contribution in [0.3, 0.4) is 0 Å². The topological polar surface area (TPSA) is 76.1 Å². The average Bonchev–Trinajstić information content (AvgIpc) is 2.72. The summed E-state index contributed by atoms with van der Waals surface area (Å²) in [7, 11) is 0. The van der Waals surface area contributed by atoms with Crippen molar-refractivity contribution < 1.29 is 24.2 Å². The van der Waals surface area contributed by atoms with Crippen LogP contribution in [0, 0.1) is 5.92 Å². The van der Waals surface area contributed by atoms with E-state index in [9.17, 15) is 14.7 Å². The number of ether oxygens (including phenoxy) is 2. The number of hydrogen-bond donors (Lipinski definition) is 1. The minimum Gasteiger partial charge on any atom is -0.490 e. The van der Waals surface area contributed by atoms with Crippen molar-refractivity contribution in [1.82, 2.24) is 4.90 Å². The Labute approximate surface area is 158 Å². The van der Waals surface area contributed by atoms with Crippen LogP contribution in [0.25, 0.3) is 0 Å². The normalized spacial score (nSPS) is 16.6. The predicted molar refractivity (Wildman–Crippen MR) is 100 cm³/mol. The zero-order valence-corrected chi connectivity index (χ0v) is 15.0. The molecule has 142 valence electrons. The minimum absolute atomic E-state index is 0.194. The number of carboxylic acids is 1. The van der Waals surface area contributed by atoms with Gasteiger partial charge in [-0.2, -0.15) is 0 Å². The van der Waals surface area contributed by atoms with E-state index < -0.39 is 11.9 Å². The zero-order chi connectivity index (χ0) is 19.1. The van der Waals surface area contributed by atoms with Gasteiger partial charge in [0, 0.05) is 13.1 Å². The van der Waals surface area contributed by atoms with Crippen molar-refractivity contribution in [3.05, 3.63) is 60.2 Å². The van der Waals surface area contributed by atoms with Crippen molar-refractivity contribution in [3.8, 4) is 11.5 Å². The SMILES string of the molecule is O=C(O)C1CCCN(C(=O)c2ccccc2OCCOc2ccccc2)C1. The molecule has 2 aromatic carbocycles. The molecule has 3 rings (SSSR count). The molecule has 0 bridgehead atoms. The quantitative estimate of drug-likeness (QED) is 0.759. The summed E-state index contributed by atoms with van der Waals surface area (Å²) in [5.41, 5.74) is 0.447. The third-order valence-corrected chi connectivity index (χ3v) is 4.53. The molecule has 6 heteroatoms. The molecule has 1 heterocycles. The van der Waals surface area contributed by atoms with Crippen molar-refractivity contribution in [2.24, 2.45) is 5.92 Å². The highest BCUT2D eigenvalue weighted by Gasteiger charge is 2.29. The fraction of sp³-hybridized carbons (Fsp3) is 0.333. The molecule has 0 saturated carbocycles. The molecule has 0 spiro atoms. The van der Waals surface area contributed by atoms with Gasteiger partial charge in [-0.05, 0) is 37.1 Å². The van der Waals surface area contributed by atoms with Gasteiger partial charge in [-0.15, -0.1) is 0 Å². The van der Waals surface area contributed by atoms with E-state index in [1.807, 2.05) is 30.3 Å². The molecule has 1 amide bonds. The number of hydrogen-bond acceptors (Lipinski definition) is 4. The van der Waals surface area contributed by atoms with E-state index in [0.717, 1.165) is 5.75 Å². The first-order chi connectivity index (χ1) is 13.1. The summed E-state index contributed by atoms with van der Waals surface area (Å²) in [6, 6.07) is 16.5. The summed E-state index contributed by atoms with van der Waals surface area (Å²) in [4.78, 5) is 25.7. The molecule has 27 heavy (non-hydrogen) atoms. The van der Waals surface area contributed by atoms with E-state index >= 15 is 0 Å². The first-order valence-corrected chi connectivity index (χ1v) is 9.07. The maximum absolute atomic E-state index is 12.9. The first-order valence-electron chi connectivity index (χ1n) is 9.07. The lowest BCUT2D eigenvalue weighted by Crippen LogP contribution is -2.42. The molecule has 1 fully saturated rings. The van der Waals surface area contributed by atoms with Crippen molar-refractivity contribution in [2.45, 2.75) is 12.8 Å². The largest absolute Gasteiger partial charge is 0.490 e. The number of para-hydroxylation sites is 2. The Hall–Kier alpha value is -3.02. The number of likely N-dealkylation sites (tertiary alicyclic amines) is 1. The number of nitrogens with zero attached hydrogens (tertiary/aromatic N) is 1. The summed E-state index contributed by atoms with van der Waals surface area (Å²) in [6.07, 6.45) is 1.30. The van der Waals surface area contributed by atoms with E-state index in [2.05, 4.69) is 0 Å². The van der Waals surface area contributed by atoms with Gasteiger partial charge in [0.25, 0.3) is 5.91 Å². The van der Waals surface area contributed by atoms with Gasteiger partial charge in [0.2, 0.25) is 0 Å². The molecule has 1 unspecified atom stereocenters. The molecule has 2 aromatic rings. The molecular formula is C21H23NO5. The number of rotatable bonds is 7. The lowest BCUT2D eigenvalue weighted by molar-refractivity contribution is -0.143. The van der Waals surface area contributed by atoms with Gasteiger partial charge in [0.1, 0.15) is 24.7 Å². The van der Waals surface area contributed by atoms with Crippen LogP contribution in [-0.2, 0) is 4.79 Å². The summed E-state index contributed by atoms with van der Waals surface area (Å²) in [5, 5.41) is 9.22. The van der Waals surface area contributed by atoms with Crippen LogP contribution in [0.15, 0.2) is 54.6 Å². The van der Waals surface area contributed by atoms with Crippen molar-refractivity contribution in [2.75, 3.05) is 26.3 Å². The van der Waals surface area contributed by atoms with Gasteiger partial charge in [-0.25, -0.2) is 0 Å². The molecule has 0 aromatic heterocycles. The smallest absolute Gasteiger partial charge is 0.308 e. The third-order valence-electron chi connectivity index (χ3n) is 4.53. The summed E-state index contributed by atoms with van der Waals surface area (Å²) >= 11 is 0. The number of carbonyl (C=O) groups is 2. The molecule has 1 N–H and O–H groups in total. The number of aliphatic carboxylic acids is 1. The van der Waals surface area contributed by atoms with Crippen LogP contribution in [0.2, 0.25) is 0 Å². The van der Waals surface area contributed by atoms with Crippen LogP contribution in [0.1, 0.15) is 23.2 Å². The van der Waals surface area contributed by atoms with E-state index in [0.29, 0.717) is 43.9 Å². The lowest BCUT2D eigenvalue weighted by Gasteiger charge is -2.31. The summed E-state index contributed by atoms with van der Waals surface area (Å²) in [6.45, 7) is 1.46. The highest BCUT2D eigenvalue weighted by Crippen LogP contribution is 2.24. The van der Waals surface area contributed by atoms with Crippen LogP contribution in [-0.4, -0.2) is 48.2 Å². The average molecular weight is 369 g/mol. The molecule has 6 nitrogen and oxygen atoms in total. The fourth-order valence-corrected chi connectivity index (χ4v) is 3.13. The molecule has 1 atom stereocenters. The molecule has 1 aliphatic heterocycles.